The van der Waals surface area contributed by atoms with Gasteiger partial charge in [0.15, 0.2) is 0 Å². The Hall–Kier alpha value is -3.74. The topological polar surface area (TPSA) is 92.6 Å². The van der Waals surface area contributed by atoms with E-state index in [9.17, 15) is 10.1 Å². The third-order valence-electron chi connectivity index (χ3n) is 5.46. The van der Waals surface area contributed by atoms with Crippen molar-refractivity contribution in [1.29, 1.82) is 0 Å². The van der Waals surface area contributed by atoms with Gasteiger partial charge in [0.05, 0.1) is 27.7 Å². The van der Waals surface area contributed by atoms with E-state index in [0.29, 0.717) is 11.4 Å². The standard InChI is InChI=1S/C26H29N5O2/c1-16-13-23(17(2)12-22(16)26(5,6)7)29-30-25-15-18(3)24(14-19(25)4)28-27-20-8-10-21(11-9-20)31(32)33/h8-15H,1-7H3. The second kappa shape index (κ2) is 9.40. The van der Waals surface area contributed by atoms with Crippen LogP contribution in [0.5, 0.6) is 0 Å². The van der Waals surface area contributed by atoms with Crippen LogP contribution in [0.2, 0.25) is 0 Å². The van der Waals surface area contributed by atoms with E-state index in [0.717, 1.165) is 28.1 Å². The molecule has 33 heavy (non-hydrogen) atoms. The highest BCUT2D eigenvalue weighted by molar-refractivity contribution is 5.59. The molecule has 0 aromatic heterocycles. The molecule has 0 radical (unpaired) electrons. The molecule has 7 nitrogen and oxygen atoms in total. The highest BCUT2D eigenvalue weighted by Gasteiger charge is 2.17. The Labute approximate surface area is 194 Å². The number of benzene rings is 3. The van der Waals surface area contributed by atoms with Crippen LogP contribution in [0.25, 0.3) is 0 Å². The Kier molecular flexibility index (Phi) is 6.81. The summed E-state index contributed by atoms with van der Waals surface area (Å²) in [6, 6.07) is 14.1. The zero-order chi connectivity index (χ0) is 24.3. The van der Waals surface area contributed by atoms with Gasteiger partial charge in [-0.25, -0.2) is 0 Å². The van der Waals surface area contributed by atoms with Gasteiger partial charge < -0.3 is 0 Å². The smallest absolute Gasteiger partial charge is 0.258 e. The predicted molar refractivity (Wildman–Crippen MR) is 132 cm³/mol. The number of nitro groups is 1. The fraction of sp³-hybridized carbons (Fsp3) is 0.308. The van der Waals surface area contributed by atoms with Crippen molar-refractivity contribution >= 4 is 28.4 Å². The number of nitrogens with zero attached hydrogens (tertiary/aromatic N) is 5. The molecule has 0 fully saturated rings. The molecule has 0 saturated carbocycles. The number of nitro benzene ring substituents is 1. The lowest BCUT2D eigenvalue weighted by Gasteiger charge is -2.22. The van der Waals surface area contributed by atoms with Gasteiger partial charge in [-0.1, -0.05) is 26.8 Å². The van der Waals surface area contributed by atoms with Crippen molar-refractivity contribution in [1.82, 2.24) is 0 Å². The van der Waals surface area contributed by atoms with Crippen LogP contribution >= 0.6 is 0 Å². The monoisotopic (exact) mass is 443 g/mol. The van der Waals surface area contributed by atoms with Crippen molar-refractivity contribution in [3.8, 4) is 0 Å². The van der Waals surface area contributed by atoms with Gasteiger partial charge in [-0.2, -0.15) is 20.5 Å². The first-order chi connectivity index (χ1) is 15.5. The Morgan fingerprint density at radius 2 is 1.09 bits per heavy atom. The molecule has 0 unspecified atom stereocenters. The summed E-state index contributed by atoms with van der Waals surface area (Å²) in [6.07, 6.45) is 0. The molecule has 170 valence electrons. The van der Waals surface area contributed by atoms with Gasteiger partial charge in [0.2, 0.25) is 0 Å². The molecular formula is C26H29N5O2. The SMILES string of the molecule is Cc1cc(N=Nc2cc(C)c(C(C)(C)C)cc2C)c(C)cc1N=Nc1ccc([N+](=O)[O-])cc1. The molecule has 0 saturated heterocycles. The van der Waals surface area contributed by atoms with E-state index >= 15 is 0 Å². The number of non-ortho nitro benzene ring substituents is 1. The van der Waals surface area contributed by atoms with Crippen molar-refractivity contribution in [3.05, 3.63) is 86.5 Å². The molecule has 3 aromatic carbocycles. The average molecular weight is 444 g/mol. The van der Waals surface area contributed by atoms with Crippen molar-refractivity contribution in [2.45, 2.75) is 53.9 Å². The molecule has 0 aliphatic heterocycles. The van der Waals surface area contributed by atoms with Gasteiger partial charge in [0.25, 0.3) is 5.69 Å². The highest BCUT2D eigenvalue weighted by atomic mass is 16.6. The zero-order valence-electron chi connectivity index (χ0n) is 20.2. The van der Waals surface area contributed by atoms with Gasteiger partial charge in [-0.15, -0.1) is 0 Å². The van der Waals surface area contributed by atoms with Gasteiger partial charge in [-0.05, 0) is 91.3 Å². The minimum atomic E-state index is -0.441. The first-order valence-electron chi connectivity index (χ1n) is 10.8. The lowest BCUT2D eigenvalue weighted by molar-refractivity contribution is -0.384. The van der Waals surface area contributed by atoms with Crippen molar-refractivity contribution in [2.75, 3.05) is 0 Å². The van der Waals surface area contributed by atoms with Crippen LogP contribution in [0, 0.1) is 37.8 Å². The molecule has 0 bridgehead atoms. The summed E-state index contributed by atoms with van der Waals surface area (Å²) in [5.74, 6) is 0. The number of rotatable bonds is 5. The van der Waals surface area contributed by atoms with Crippen LogP contribution in [0.1, 0.15) is 48.6 Å². The zero-order valence-corrected chi connectivity index (χ0v) is 20.2. The Bertz CT molecular complexity index is 1250. The largest absolute Gasteiger partial charge is 0.269 e. The van der Waals surface area contributed by atoms with Gasteiger partial charge >= 0.3 is 0 Å². The van der Waals surface area contributed by atoms with E-state index < -0.39 is 4.92 Å². The summed E-state index contributed by atoms with van der Waals surface area (Å²) < 4.78 is 0. The van der Waals surface area contributed by atoms with Gasteiger partial charge in [0, 0.05) is 12.1 Å². The average Bonchev–Trinajstić information content (AvgIpc) is 2.74. The van der Waals surface area contributed by atoms with Crippen LogP contribution in [0.15, 0.2) is 69.0 Å². The Balaban J connectivity index is 1.84. The van der Waals surface area contributed by atoms with Crippen LogP contribution in [0.4, 0.5) is 28.4 Å². The molecule has 3 aromatic rings. The second-order valence-electron chi connectivity index (χ2n) is 9.30. The van der Waals surface area contributed by atoms with Crippen molar-refractivity contribution in [2.24, 2.45) is 20.5 Å². The van der Waals surface area contributed by atoms with E-state index in [1.807, 2.05) is 26.0 Å². The maximum absolute atomic E-state index is 10.8. The summed E-state index contributed by atoms with van der Waals surface area (Å²) >= 11 is 0. The molecule has 0 amide bonds. The van der Waals surface area contributed by atoms with Crippen LogP contribution < -0.4 is 0 Å². The number of hydrogen-bond donors (Lipinski definition) is 0. The minimum absolute atomic E-state index is 0.0224. The van der Waals surface area contributed by atoms with E-state index in [1.54, 1.807) is 12.1 Å². The Morgan fingerprint density at radius 1 is 0.667 bits per heavy atom. The molecule has 0 aliphatic rings. The maximum Gasteiger partial charge on any atom is 0.269 e. The fourth-order valence-electron chi connectivity index (χ4n) is 3.58. The number of azo groups is 2. The predicted octanol–water partition coefficient (Wildman–Crippen LogP) is 8.96. The fourth-order valence-corrected chi connectivity index (χ4v) is 3.58. The molecule has 3 rings (SSSR count). The van der Waals surface area contributed by atoms with Crippen LogP contribution in [0.3, 0.4) is 0 Å². The summed E-state index contributed by atoms with van der Waals surface area (Å²) in [5.41, 5.74) is 8.46. The van der Waals surface area contributed by atoms with E-state index in [4.69, 9.17) is 0 Å². The molecular weight excluding hydrogens is 414 g/mol. The van der Waals surface area contributed by atoms with E-state index in [1.165, 1.54) is 23.3 Å². The molecule has 0 aliphatic carbocycles. The van der Waals surface area contributed by atoms with Crippen molar-refractivity contribution < 1.29 is 4.92 Å². The molecule has 0 heterocycles. The normalized spacial score (nSPS) is 12.1. The molecule has 0 atom stereocenters. The third kappa shape index (κ3) is 5.74. The molecule has 0 N–H and O–H groups in total. The number of hydrogen-bond acceptors (Lipinski definition) is 6. The van der Waals surface area contributed by atoms with Gasteiger partial charge in [0.1, 0.15) is 0 Å². The first-order valence-corrected chi connectivity index (χ1v) is 10.8. The lowest BCUT2D eigenvalue weighted by Crippen LogP contribution is -2.13. The first kappa shape index (κ1) is 23.9. The number of aryl methyl sites for hydroxylation is 4. The quantitative estimate of drug-likeness (QED) is 0.223. The van der Waals surface area contributed by atoms with Crippen molar-refractivity contribution in [3.63, 3.8) is 0 Å². The third-order valence-corrected chi connectivity index (χ3v) is 5.46. The summed E-state index contributed by atoms with van der Waals surface area (Å²) in [7, 11) is 0. The molecule has 7 heteroatoms. The summed E-state index contributed by atoms with van der Waals surface area (Å²) in [6.45, 7) is 14.7. The molecule has 0 spiro atoms. The van der Waals surface area contributed by atoms with E-state index in [-0.39, 0.29) is 11.1 Å². The van der Waals surface area contributed by atoms with Crippen LogP contribution in [-0.4, -0.2) is 4.92 Å². The maximum atomic E-state index is 10.8. The minimum Gasteiger partial charge on any atom is -0.258 e. The second-order valence-corrected chi connectivity index (χ2v) is 9.30. The highest BCUT2D eigenvalue weighted by Crippen LogP contribution is 2.34. The lowest BCUT2D eigenvalue weighted by atomic mass is 9.83. The summed E-state index contributed by atoms with van der Waals surface area (Å²) in [5, 5.41) is 28.3. The van der Waals surface area contributed by atoms with E-state index in [2.05, 4.69) is 67.2 Å². The van der Waals surface area contributed by atoms with Crippen LogP contribution in [-0.2, 0) is 5.41 Å². The van der Waals surface area contributed by atoms with Gasteiger partial charge in [-0.3, -0.25) is 10.1 Å². The summed E-state index contributed by atoms with van der Waals surface area (Å²) in [4.78, 5) is 10.3. The Morgan fingerprint density at radius 3 is 1.55 bits per heavy atom.